The largest absolute Gasteiger partial charge is 0.309 e. The van der Waals surface area contributed by atoms with Crippen LogP contribution < -0.4 is 0 Å². The smallest absolute Gasteiger partial charge is 0.160 e. The second-order valence-electron chi connectivity index (χ2n) is 10.8. The lowest BCUT2D eigenvalue weighted by molar-refractivity contribution is 1.18. The molecule has 0 spiro atoms. The van der Waals surface area contributed by atoms with Gasteiger partial charge in [-0.2, -0.15) is 0 Å². The number of aliphatic imine (C=N–C) groups is 2. The van der Waals surface area contributed by atoms with Crippen LogP contribution in [0.4, 0.5) is 0 Å². The first-order valence-electron chi connectivity index (χ1n) is 14.8. The predicted octanol–water partition coefficient (Wildman–Crippen LogP) is 10.4. The summed E-state index contributed by atoms with van der Waals surface area (Å²) in [5.74, 6) is 0.627. The van der Waals surface area contributed by atoms with Crippen molar-refractivity contribution in [3.05, 3.63) is 181 Å². The first kappa shape index (κ1) is 27.1. The van der Waals surface area contributed by atoms with Gasteiger partial charge in [0.15, 0.2) is 5.84 Å². The van der Waals surface area contributed by atoms with Crippen molar-refractivity contribution in [1.82, 2.24) is 4.57 Å². The standard InChI is InChI=1S/C41H31N3/c1-29(31-15-7-3-8-16-31)42-41(43-30(2)32-17-9-4-10-18-32)35-24-26-40-38(28-35)37-27-34(33-19-11-5-12-20-33)23-25-39(37)44(40)36-21-13-6-14-22-36/h3-28H,1H2,2H3. The Kier molecular flexibility index (Phi) is 7.27. The van der Waals surface area contributed by atoms with Gasteiger partial charge in [0.1, 0.15) is 0 Å². The highest BCUT2D eigenvalue weighted by atomic mass is 15.0. The number of benzene rings is 6. The Morgan fingerprint density at radius 2 is 1.05 bits per heavy atom. The summed E-state index contributed by atoms with van der Waals surface area (Å²) in [7, 11) is 0. The molecule has 3 nitrogen and oxygen atoms in total. The van der Waals surface area contributed by atoms with Gasteiger partial charge < -0.3 is 4.57 Å². The number of aromatic nitrogens is 1. The first-order chi connectivity index (χ1) is 21.7. The maximum absolute atomic E-state index is 5.10. The molecule has 0 fully saturated rings. The Labute approximate surface area is 257 Å². The normalized spacial score (nSPS) is 12.1. The first-order valence-corrected chi connectivity index (χ1v) is 14.8. The van der Waals surface area contributed by atoms with Crippen LogP contribution in [0.15, 0.2) is 174 Å². The van der Waals surface area contributed by atoms with Gasteiger partial charge in [0.25, 0.3) is 0 Å². The third-order valence-electron chi connectivity index (χ3n) is 7.96. The molecule has 1 heterocycles. The van der Waals surface area contributed by atoms with E-state index in [1.54, 1.807) is 0 Å². The van der Waals surface area contributed by atoms with E-state index in [2.05, 4.69) is 120 Å². The average Bonchev–Trinajstić information content (AvgIpc) is 3.42. The second kappa shape index (κ2) is 11.8. The quantitative estimate of drug-likeness (QED) is 0.142. The number of hydrogen-bond donors (Lipinski definition) is 0. The number of hydrogen-bond acceptors (Lipinski definition) is 1. The molecule has 0 aliphatic heterocycles. The molecule has 0 bridgehead atoms. The van der Waals surface area contributed by atoms with E-state index in [0.29, 0.717) is 11.5 Å². The summed E-state index contributed by atoms with van der Waals surface area (Å²) in [5, 5.41) is 2.32. The predicted molar refractivity (Wildman–Crippen MR) is 187 cm³/mol. The van der Waals surface area contributed by atoms with Gasteiger partial charge in [-0.15, -0.1) is 0 Å². The maximum atomic E-state index is 5.10. The molecule has 7 aromatic rings. The van der Waals surface area contributed by atoms with Gasteiger partial charge in [-0.3, -0.25) is 0 Å². The van der Waals surface area contributed by atoms with Crippen molar-refractivity contribution in [2.75, 3.05) is 0 Å². The minimum atomic E-state index is 0.627. The zero-order chi connectivity index (χ0) is 29.9. The molecule has 3 heteroatoms. The third-order valence-corrected chi connectivity index (χ3v) is 7.96. The average molecular weight is 566 g/mol. The van der Waals surface area contributed by atoms with E-state index in [0.717, 1.165) is 44.5 Å². The summed E-state index contributed by atoms with van der Waals surface area (Å²) in [4.78, 5) is 10.1. The maximum Gasteiger partial charge on any atom is 0.160 e. The fourth-order valence-corrected chi connectivity index (χ4v) is 5.71. The SMILES string of the molecule is C=C(N=C(N=C(C)c1ccccc1)c1ccc2c(c1)c1cc(-c3ccccc3)ccc1n2-c1ccccc1)c1ccccc1. The fraction of sp³-hybridized carbons (Fsp3) is 0.0244. The summed E-state index contributed by atoms with van der Waals surface area (Å²) in [6.45, 7) is 6.34. The van der Waals surface area contributed by atoms with Crippen LogP contribution in [-0.4, -0.2) is 16.1 Å². The van der Waals surface area contributed by atoms with E-state index in [1.807, 2.05) is 55.5 Å². The van der Waals surface area contributed by atoms with Crippen LogP contribution in [0.3, 0.4) is 0 Å². The highest BCUT2D eigenvalue weighted by molar-refractivity contribution is 6.16. The van der Waals surface area contributed by atoms with Crippen LogP contribution in [0.5, 0.6) is 0 Å². The van der Waals surface area contributed by atoms with Crippen molar-refractivity contribution in [2.24, 2.45) is 9.98 Å². The molecule has 0 amide bonds. The fourth-order valence-electron chi connectivity index (χ4n) is 5.71. The van der Waals surface area contributed by atoms with E-state index in [4.69, 9.17) is 9.98 Å². The van der Waals surface area contributed by atoms with E-state index >= 15 is 0 Å². The topological polar surface area (TPSA) is 29.6 Å². The monoisotopic (exact) mass is 565 g/mol. The van der Waals surface area contributed by atoms with Crippen LogP contribution >= 0.6 is 0 Å². The zero-order valence-electron chi connectivity index (χ0n) is 24.6. The second-order valence-corrected chi connectivity index (χ2v) is 10.8. The third kappa shape index (κ3) is 5.28. The summed E-state index contributed by atoms with van der Waals surface area (Å²) in [5.41, 5.74) is 10.3. The molecule has 0 saturated carbocycles. The number of para-hydroxylation sites is 1. The van der Waals surface area contributed by atoms with Crippen LogP contribution in [0, 0.1) is 0 Å². The Morgan fingerprint density at radius 1 is 0.500 bits per heavy atom. The van der Waals surface area contributed by atoms with Gasteiger partial charge in [-0.05, 0) is 71.6 Å². The molecule has 7 rings (SSSR count). The molecule has 0 radical (unpaired) electrons. The van der Waals surface area contributed by atoms with Crippen LogP contribution in [-0.2, 0) is 0 Å². The van der Waals surface area contributed by atoms with E-state index < -0.39 is 0 Å². The molecular weight excluding hydrogens is 534 g/mol. The van der Waals surface area contributed by atoms with Gasteiger partial charge in [0.05, 0.1) is 16.7 Å². The number of amidine groups is 1. The Bertz CT molecular complexity index is 2160. The highest BCUT2D eigenvalue weighted by Crippen LogP contribution is 2.36. The van der Waals surface area contributed by atoms with E-state index in [9.17, 15) is 0 Å². The zero-order valence-corrected chi connectivity index (χ0v) is 24.6. The van der Waals surface area contributed by atoms with Crippen LogP contribution in [0.1, 0.15) is 23.6 Å². The Morgan fingerprint density at radius 3 is 1.70 bits per heavy atom. The highest BCUT2D eigenvalue weighted by Gasteiger charge is 2.16. The molecule has 0 atom stereocenters. The Balaban J connectivity index is 1.46. The minimum absolute atomic E-state index is 0.627. The molecule has 1 aromatic heterocycles. The lowest BCUT2D eigenvalue weighted by Gasteiger charge is -2.09. The molecule has 0 N–H and O–H groups in total. The number of rotatable bonds is 6. The van der Waals surface area contributed by atoms with Crippen LogP contribution in [0.25, 0.3) is 44.3 Å². The van der Waals surface area contributed by atoms with Crippen molar-refractivity contribution >= 4 is 39.1 Å². The molecule has 44 heavy (non-hydrogen) atoms. The molecule has 0 aliphatic carbocycles. The van der Waals surface area contributed by atoms with E-state index in [1.165, 1.54) is 16.5 Å². The van der Waals surface area contributed by atoms with Gasteiger partial charge in [0, 0.05) is 27.7 Å². The lowest BCUT2D eigenvalue weighted by atomic mass is 10.0. The molecular formula is C41H31N3. The minimum Gasteiger partial charge on any atom is -0.309 e. The molecule has 6 aromatic carbocycles. The van der Waals surface area contributed by atoms with Gasteiger partial charge in [-0.25, -0.2) is 9.98 Å². The molecule has 0 unspecified atom stereocenters. The van der Waals surface area contributed by atoms with Crippen molar-refractivity contribution in [3.8, 4) is 16.8 Å². The van der Waals surface area contributed by atoms with Gasteiger partial charge >= 0.3 is 0 Å². The molecule has 0 saturated heterocycles. The van der Waals surface area contributed by atoms with Gasteiger partial charge in [-0.1, -0.05) is 122 Å². The Hall–Kier alpha value is -5.80. The van der Waals surface area contributed by atoms with Crippen molar-refractivity contribution in [2.45, 2.75) is 6.92 Å². The van der Waals surface area contributed by atoms with Crippen molar-refractivity contribution in [3.63, 3.8) is 0 Å². The summed E-state index contributed by atoms with van der Waals surface area (Å²) >= 11 is 0. The number of nitrogens with zero attached hydrogens (tertiary/aromatic N) is 3. The van der Waals surface area contributed by atoms with E-state index in [-0.39, 0.29) is 0 Å². The molecule has 0 aliphatic rings. The van der Waals surface area contributed by atoms with Crippen LogP contribution in [0.2, 0.25) is 0 Å². The number of fused-ring (bicyclic) bond motifs is 3. The van der Waals surface area contributed by atoms with Gasteiger partial charge in [0.2, 0.25) is 0 Å². The lowest BCUT2D eigenvalue weighted by Crippen LogP contribution is -2.04. The summed E-state index contributed by atoms with van der Waals surface area (Å²) in [6, 6.07) is 54.6. The van der Waals surface area contributed by atoms with Crippen molar-refractivity contribution < 1.29 is 0 Å². The summed E-state index contributed by atoms with van der Waals surface area (Å²) in [6.07, 6.45) is 0. The summed E-state index contributed by atoms with van der Waals surface area (Å²) < 4.78 is 2.33. The molecule has 210 valence electrons. The van der Waals surface area contributed by atoms with Crippen molar-refractivity contribution in [1.29, 1.82) is 0 Å².